The lowest BCUT2D eigenvalue weighted by atomic mass is 10.1. The van der Waals surface area contributed by atoms with Gasteiger partial charge < -0.3 is 5.32 Å². The van der Waals surface area contributed by atoms with Crippen LogP contribution in [0.5, 0.6) is 0 Å². The van der Waals surface area contributed by atoms with E-state index >= 15 is 0 Å². The number of rotatable bonds is 2. The predicted molar refractivity (Wildman–Crippen MR) is 69.3 cm³/mol. The molecule has 0 saturated carbocycles. The molecule has 2 aromatic rings. The molecular formula is C12H13ClN2S. The number of halogens is 1. The fraction of sp³-hybridized carbons (Fsp3) is 0.417. The largest absolute Gasteiger partial charge is 0.316 e. The van der Waals surface area contributed by atoms with E-state index in [1.54, 1.807) is 11.3 Å². The van der Waals surface area contributed by atoms with Crippen molar-refractivity contribution in [3.05, 3.63) is 28.2 Å². The van der Waals surface area contributed by atoms with Gasteiger partial charge in [0.1, 0.15) is 0 Å². The van der Waals surface area contributed by atoms with E-state index in [1.807, 2.05) is 18.2 Å². The van der Waals surface area contributed by atoms with E-state index < -0.39 is 0 Å². The molecule has 1 atom stereocenters. The minimum Gasteiger partial charge on any atom is -0.316 e. The van der Waals surface area contributed by atoms with Crippen LogP contribution in [0.2, 0.25) is 5.02 Å². The maximum atomic E-state index is 5.97. The molecule has 4 heteroatoms. The van der Waals surface area contributed by atoms with Crippen LogP contribution in [-0.4, -0.2) is 18.1 Å². The van der Waals surface area contributed by atoms with E-state index in [0.29, 0.717) is 0 Å². The number of benzene rings is 1. The maximum Gasteiger partial charge on any atom is 0.0941 e. The van der Waals surface area contributed by atoms with Gasteiger partial charge in [0.25, 0.3) is 0 Å². The molecule has 0 spiro atoms. The second-order valence-corrected chi connectivity index (χ2v) is 5.83. The van der Waals surface area contributed by atoms with Crippen LogP contribution in [0.25, 0.3) is 10.2 Å². The van der Waals surface area contributed by atoms with Crippen LogP contribution >= 0.6 is 22.9 Å². The molecule has 0 radical (unpaired) electrons. The first-order chi connectivity index (χ1) is 7.81. The summed E-state index contributed by atoms with van der Waals surface area (Å²) in [6.45, 7) is 2.29. The first kappa shape index (κ1) is 10.5. The first-order valence-corrected chi connectivity index (χ1v) is 6.76. The molecule has 0 aliphatic carbocycles. The Labute approximate surface area is 104 Å². The molecule has 1 aliphatic rings. The van der Waals surface area contributed by atoms with Gasteiger partial charge in [-0.05, 0) is 43.6 Å². The normalized spacial score (nSPS) is 20.7. The van der Waals surface area contributed by atoms with Crippen molar-refractivity contribution < 1.29 is 0 Å². The van der Waals surface area contributed by atoms with Gasteiger partial charge in [0.15, 0.2) is 0 Å². The van der Waals surface area contributed by atoms with E-state index in [1.165, 1.54) is 16.1 Å². The molecule has 0 amide bonds. The third kappa shape index (κ3) is 2.08. The highest BCUT2D eigenvalue weighted by atomic mass is 35.5. The Morgan fingerprint density at radius 1 is 1.50 bits per heavy atom. The minimum absolute atomic E-state index is 0.760. The molecule has 1 aromatic carbocycles. The van der Waals surface area contributed by atoms with Crippen LogP contribution < -0.4 is 5.32 Å². The van der Waals surface area contributed by atoms with Crippen molar-refractivity contribution >= 4 is 33.2 Å². The minimum atomic E-state index is 0.760. The zero-order valence-corrected chi connectivity index (χ0v) is 10.4. The molecule has 84 valence electrons. The Kier molecular flexibility index (Phi) is 2.84. The van der Waals surface area contributed by atoms with Crippen molar-refractivity contribution in [1.29, 1.82) is 0 Å². The Hall–Kier alpha value is -0.640. The van der Waals surface area contributed by atoms with E-state index in [2.05, 4.69) is 10.3 Å². The van der Waals surface area contributed by atoms with Crippen LogP contribution in [0.1, 0.15) is 11.4 Å². The Bertz CT molecular complexity index is 503. The van der Waals surface area contributed by atoms with Crippen molar-refractivity contribution in [3.63, 3.8) is 0 Å². The topological polar surface area (TPSA) is 24.9 Å². The van der Waals surface area contributed by atoms with Gasteiger partial charge in [-0.2, -0.15) is 0 Å². The number of aromatic nitrogens is 1. The maximum absolute atomic E-state index is 5.97. The molecule has 16 heavy (non-hydrogen) atoms. The third-order valence-electron chi connectivity index (χ3n) is 3.02. The summed E-state index contributed by atoms with van der Waals surface area (Å²) in [5.74, 6) is 0.760. The van der Waals surface area contributed by atoms with Gasteiger partial charge in [-0.1, -0.05) is 11.6 Å². The van der Waals surface area contributed by atoms with Gasteiger partial charge in [0.2, 0.25) is 0 Å². The smallest absolute Gasteiger partial charge is 0.0941 e. The molecule has 2 heterocycles. The Morgan fingerprint density at radius 3 is 3.25 bits per heavy atom. The standard InChI is InChI=1S/C12H13ClN2S/c13-9-1-2-10-11(6-9)16-12(15-10)5-8-3-4-14-7-8/h1-2,6,8,14H,3-5,7H2. The van der Waals surface area contributed by atoms with Crippen LogP contribution in [0, 0.1) is 5.92 Å². The van der Waals surface area contributed by atoms with Gasteiger partial charge in [-0.25, -0.2) is 4.98 Å². The third-order valence-corrected chi connectivity index (χ3v) is 4.30. The fourth-order valence-electron chi connectivity index (χ4n) is 2.17. The lowest BCUT2D eigenvalue weighted by Crippen LogP contribution is -2.10. The number of hydrogen-bond donors (Lipinski definition) is 1. The molecule has 1 saturated heterocycles. The number of fused-ring (bicyclic) bond motifs is 1. The lowest BCUT2D eigenvalue weighted by Gasteiger charge is -2.03. The molecular weight excluding hydrogens is 240 g/mol. The summed E-state index contributed by atoms with van der Waals surface area (Å²) < 4.78 is 1.20. The molecule has 1 unspecified atom stereocenters. The molecule has 1 aliphatic heterocycles. The summed E-state index contributed by atoms with van der Waals surface area (Å²) in [4.78, 5) is 4.65. The zero-order chi connectivity index (χ0) is 11.0. The van der Waals surface area contributed by atoms with E-state index in [9.17, 15) is 0 Å². The number of thiazole rings is 1. The number of hydrogen-bond acceptors (Lipinski definition) is 3. The SMILES string of the molecule is Clc1ccc2nc(CC3CCNC3)sc2c1. The summed E-state index contributed by atoms with van der Waals surface area (Å²) in [6.07, 6.45) is 2.38. The zero-order valence-electron chi connectivity index (χ0n) is 8.87. The van der Waals surface area contributed by atoms with Gasteiger partial charge in [-0.3, -0.25) is 0 Å². The highest BCUT2D eigenvalue weighted by Crippen LogP contribution is 2.27. The van der Waals surface area contributed by atoms with Crippen molar-refractivity contribution in [2.45, 2.75) is 12.8 Å². The summed E-state index contributed by atoms with van der Waals surface area (Å²) in [7, 11) is 0. The van der Waals surface area contributed by atoms with E-state index in [0.717, 1.165) is 36.0 Å². The first-order valence-electron chi connectivity index (χ1n) is 5.57. The van der Waals surface area contributed by atoms with Gasteiger partial charge >= 0.3 is 0 Å². The van der Waals surface area contributed by atoms with Crippen LogP contribution in [0.15, 0.2) is 18.2 Å². The second-order valence-electron chi connectivity index (χ2n) is 4.28. The quantitative estimate of drug-likeness (QED) is 0.889. The summed E-state index contributed by atoms with van der Waals surface area (Å²) in [5, 5.41) is 5.43. The van der Waals surface area contributed by atoms with Crippen LogP contribution in [-0.2, 0) is 6.42 Å². The molecule has 1 N–H and O–H groups in total. The van der Waals surface area contributed by atoms with Crippen molar-refractivity contribution in [2.75, 3.05) is 13.1 Å². The van der Waals surface area contributed by atoms with Gasteiger partial charge in [-0.15, -0.1) is 11.3 Å². The van der Waals surface area contributed by atoms with E-state index in [4.69, 9.17) is 11.6 Å². The number of nitrogens with one attached hydrogen (secondary N) is 1. The molecule has 2 nitrogen and oxygen atoms in total. The highest BCUT2D eigenvalue weighted by molar-refractivity contribution is 7.18. The molecule has 0 bridgehead atoms. The van der Waals surface area contributed by atoms with Crippen molar-refractivity contribution in [1.82, 2.24) is 10.3 Å². The number of nitrogens with zero attached hydrogens (tertiary/aromatic N) is 1. The Morgan fingerprint density at radius 2 is 2.44 bits per heavy atom. The lowest BCUT2D eigenvalue weighted by molar-refractivity contribution is 0.579. The van der Waals surface area contributed by atoms with Crippen molar-refractivity contribution in [2.24, 2.45) is 5.92 Å². The molecule has 1 aromatic heterocycles. The summed E-state index contributed by atoms with van der Waals surface area (Å²) >= 11 is 7.74. The molecule has 3 rings (SSSR count). The monoisotopic (exact) mass is 252 g/mol. The predicted octanol–water partition coefficient (Wildman–Crippen LogP) is 3.10. The van der Waals surface area contributed by atoms with Gasteiger partial charge in [0.05, 0.1) is 15.2 Å². The highest BCUT2D eigenvalue weighted by Gasteiger charge is 2.16. The van der Waals surface area contributed by atoms with Gasteiger partial charge in [0, 0.05) is 11.4 Å². The summed E-state index contributed by atoms with van der Waals surface area (Å²) in [6, 6.07) is 5.92. The Balaban J connectivity index is 1.86. The van der Waals surface area contributed by atoms with E-state index in [-0.39, 0.29) is 0 Å². The fourth-order valence-corrected chi connectivity index (χ4v) is 3.53. The van der Waals surface area contributed by atoms with Crippen LogP contribution in [0.4, 0.5) is 0 Å². The van der Waals surface area contributed by atoms with Crippen molar-refractivity contribution in [3.8, 4) is 0 Å². The average Bonchev–Trinajstić information content (AvgIpc) is 2.86. The summed E-state index contributed by atoms with van der Waals surface area (Å²) in [5.41, 5.74) is 1.08. The van der Waals surface area contributed by atoms with Crippen LogP contribution in [0.3, 0.4) is 0 Å². The second kappa shape index (κ2) is 4.32. The average molecular weight is 253 g/mol. The molecule has 1 fully saturated rings.